The van der Waals surface area contributed by atoms with E-state index in [1.807, 2.05) is 35.2 Å². The van der Waals surface area contributed by atoms with Crippen LogP contribution in [0.3, 0.4) is 0 Å². The molecule has 0 spiro atoms. The van der Waals surface area contributed by atoms with E-state index in [1.54, 1.807) is 0 Å². The number of hydrogen-bond acceptors (Lipinski definition) is 2. The lowest BCUT2D eigenvalue weighted by Gasteiger charge is -2.32. The molecule has 0 N–H and O–H groups in total. The molecule has 1 aliphatic heterocycles. The van der Waals surface area contributed by atoms with Crippen molar-refractivity contribution in [1.82, 2.24) is 4.90 Å². The van der Waals surface area contributed by atoms with Crippen molar-refractivity contribution in [3.8, 4) is 0 Å². The molecule has 1 aliphatic rings. The van der Waals surface area contributed by atoms with Gasteiger partial charge in [-0.25, -0.2) is 0 Å². The Morgan fingerprint density at radius 2 is 1.95 bits per heavy atom. The number of likely N-dealkylation sites (tertiary alicyclic amines) is 1. The number of nitrogens with zero attached hydrogens (tertiary/aromatic N) is 1. The van der Waals surface area contributed by atoms with Gasteiger partial charge in [0, 0.05) is 19.0 Å². The van der Waals surface area contributed by atoms with Crippen molar-refractivity contribution in [3.63, 3.8) is 0 Å². The molecule has 1 fully saturated rings. The summed E-state index contributed by atoms with van der Waals surface area (Å²) in [5, 5.41) is 0. The van der Waals surface area contributed by atoms with Gasteiger partial charge in [0.15, 0.2) is 0 Å². The van der Waals surface area contributed by atoms with Crippen LogP contribution in [-0.2, 0) is 11.3 Å². The second kappa shape index (κ2) is 5.74. The Morgan fingerprint density at radius 1 is 1.26 bits per heavy atom. The van der Waals surface area contributed by atoms with Gasteiger partial charge >= 0.3 is 6.18 Å². The first kappa shape index (κ1) is 14.1. The third-order valence-electron chi connectivity index (χ3n) is 3.40. The quantitative estimate of drug-likeness (QED) is 0.842. The molecule has 0 unspecified atom stereocenters. The summed E-state index contributed by atoms with van der Waals surface area (Å²) in [5.74, 6) is -2.48. The fourth-order valence-electron chi connectivity index (χ4n) is 2.49. The van der Waals surface area contributed by atoms with E-state index in [0.717, 1.165) is 12.1 Å². The molecule has 1 aromatic carbocycles. The highest BCUT2D eigenvalue weighted by atomic mass is 19.4. The second-order valence-electron chi connectivity index (χ2n) is 4.92. The van der Waals surface area contributed by atoms with Crippen LogP contribution in [0.1, 0.15) is 18.4 Å². The minimum absolute atomic E-state index is 0.202. The van der Waals surface area contributed by atoms with Gasteiger partial charge in [-0.3, -0.25) is 9.69 Å². The molecule has 2 rings (SSSR count). The van der Waals surface area contributed by atoms with Gasteiger partial charge in [0.25, 0.3) is 0 Å². The third-order valence-corrected chi connectivity index (χ3v) is 3.40. The number of piperidine rings is 1. The number of benzene rings is 1. The van der Waals surface area contributed by atoms with Crippen molar-refractivity contribution in [2.45, 2.75) is 25.6 Å². The highest BCUT2D eigenvalue weighted by molar-refractivity contribution is 5.86. The maximum Gasteiger partial charge on any atom is 0.450 e. The van der Waals surface area contributed by atoms with Gasteiger partial charge in [-0.05, 0) is 24.9 Å². The highest BCUT2D eigenvalue weighted by Gasteiger charge is 2.44. The Bertz CT molecular complexity index is 430. The van der Waals surface area contributed by atoms with Gasteiger partial charge in [-0.15, -0.1) is 0 Å². The molecule has 5 heteroatoms. The first-order valence-corrected chi connectivity index (χ1v) is 6.34. The van der Waals surface area contributed by atoms with E-state index < -0.39 is 17.9 Å². The lowest BCUT2D eigenvalue weighted by atomic mass is 9.93. The summed E-state index contributed by atoms with van der Waals surface area (Å²) in [4.78, 5) is 13.2. The van der Waals surface area contributed by atoms with E-state index in [0.29, 0.717) is 19.4 Å². The molecule has 1 atom stereocenters. The lowest BCUT2D eigenvalue weighted by Crippen LogP contribution is -2.42. The van der Waals surface area contributed by atoms with Crippen molar-refractivity contribution < 1.29 is 18.0 Å². The van der Waals surface area contributed by atoms with E-state index in [1.165, 1.54) is 0 Å². The van der Waals surface area contributed by atoms with Gasteiger partial charge in [0.1, 0.15) is 0 Å². The summed E-state index contributed by atoms with van der Waals surface area (Å²) in [6.07, 6.45) is -3.73. The van der Waals surface area contributed by atoms with Crippen molar-refractivity contribution in [3.05, 3.63) is 35.9 Å². The van der Waals surface area contributed by atoms with E-state index >= 15 is 0 Å². The Hall–Kier alpha value is -1.36. The smallest absolute Gasteiger partial charge is 0.298 e. The summed E-state index contributed by atoms with van der Waals surface area (Å²) in [6, 6.07) is 9.58. The number of alkyl halides is 3. The van der Waals surface area contributed by atoms with E-state index in [9.17, 15) is 18.0 Å². The maximum absolute atomic E-state index is 12.4. The zero-order valence-corrected chi connectivity index (χ0v) is 10.5. The molecule has 0 saturated carbocycles. The highest BCUT2D eigenvalue weighted by Crippen LogP contribution is 2.27. The second-order valence-corrected chi connectivity index (χ2v) is 4.92. The monoisotopic (exact) mass is 271 g/mol. The van der Waals surface area contributed by atoms with Crippen molar-refractivity contribution in [2.24, 2.45) is 5.92 Å². The fraction of sp³-hybridized carbons (Fsp3) is 0.500. The topological polar surface area (TPSA) is 20.3 Å². The fourth-order valence-corrected chi connectivity index (χ4v) is 2.49. The molecule has 1 saturated heterocycles. The normalized spacial score (nSPS) is 21.3. The number of carbonyl (C=O) groups excluding carboxylic acids is 1. The first-order chi connectivity index (χ1) is 8.97. The van der Waals surface area contributed by atoms with E-state index in [2.05, 4.69) is 0 Å². The van der Waals surface area contributed by atoms with E-state index in [4.69, 9.17) is 0 Å². The number of ketones is 1. The average molecular weight is 271 g/mol. The van der Waals surface area contributed by atoms with Crippen molar-refractivity contribution >= 4 is 5.78 Å². The zero-order chi connectivity index (χ0) is 13.9. The van der Waals surface area contributed by atoms with Crippen LogP contribution in [-0.4, -0.2) is 29.9 Å². The van der Waals surface area contributed by atoms with Gasteiger partial charge < -0.3 is 0 Å². The SMILES string of the molecule is O=C([C@@H]1CCCN(Cc2ccccc2)C1)C(F)(F)F. The molecule has 1 heterocycles. The number of rotatable bonds is 3. The Kier molecular flexibility index (Phi) is 4.24. The van der Waals surface area contributed by atoms with Crippen LogP contribution in [0.4, 0.5) is 13.2 Å². The summed E-state index contributed by atoms with van der Waals surface area (Å²) in [5.41, 5.74) is 1.06. The molecule has 2 nitrogen and oxygen atoms in total. The van der Waals surface area contributed by atoms with Gasteiger partial charge in [-0.1, -0.05) is 30.3 Å². The third kappa shape index (κ3) is 3.80. The van der Waals surface area contributed by atoms with Gasteiger partial charge in [0.2, 0.25) is 5.78 Å². The summed E-state index contributed by atoms with van der Waals surface area (Å²) >= 11 is 0. The maximum atomic E-state index is 12.4. The number of Topliss-reactive ketones (excluding diaryl/α,β-unsaturated/α-hetero) is 1. The van der Waals surface area contributed by atoms with Gasteiger partial charge in [-0.2, -0.15) is 13.2 Å². The molecule has 104 valence electrons. The predicted molar refractivity (Wildman–Crippen MR) is 65.5 cm³/mol. The average Bonchev–Trinajstić information content (AvgIpc) is 2.38. The first-order valence-electron chi connectivity index (χ1n) is 6.34. The molecular formula is C14H16F3NO. The van der Waals surface area contributed by atoms with Crippen LogP contribution in [0.5, 0.6) is 0 Å². The molecule has 0 bridgehead atoms. The van der Waals surface area contributed by atoms with Crippen LogP contribution in [0.15, 0.2) is 30.3 Å². The molecule has 0 aromatic heterocycles. The van der Waals surface area contributed by atoms with E-state index in [-0.39, 0.29) is 6.54 Å². The number of carbonyl (C=O) groups is 1. The molecular weight excluding hydrogens is 255 g/mol. The summed E-state index contributed by atoms with van der Waals surface area (Å²) in [6.45, 7) is 1.55. The standard InChI is InChI=1S/C14H16F3NO/c15-14(16,17)13(19)12-7-4-8-18(10-12)9-11-5-2-1-3-6-11/h1-3,5-6,12H,4,7-10H2/t12-/m1/s1. The van der Waals surface area contributed by atoms with Crippen LogP contribution in [0.25, 0.3) is 0 Å². The Balaban J connectivity index is 1.96. The van der Waals surface area contributed by atoms with Crippen molar-refractivity contribution in [1.29, 1.82) is 0 Å². The Labute approximate surface area is 110 Å². The predicted octanol–water partition coefficient (Wildman–Crippen LogP) is 3.03. The number of halogens is 3. The molecule has 0 aliphatic carbocycles. The Morgan fingerprint density at radius 3 is 2.58 bits per heavy atom. The molecule has 0 amide bonds. The zero-order valence-electron chi connectivity index (χ0n) is 10.5. The largest absolute Gasteiger partial charge is 0.450 e. The van der Waals surface area contributed by atoms with Crippen molar-refractivity contribution in [2.75, 3.05) is 13.1 Å². The summed E-state index contributed by atoms with van der Waals surface area (Å²) < 4.78 is 37.3. The van der Waals surface area contributed by atoms with Crippen LogP contribution < -0.4 is 0 Å². The minimum Gasteiger partial charge on any atom is -0.298 e. The summed E-state index contributed by atoms with van der Waals surface area (Å²) in [7, 11) is 0. The van der Waals surface area contributed by atoms with Gasteiger partial charge in [0.05, 0.1) is 0 Å². The van der Waals surface area contributed by atoms with Crippen LogP contribution in [0, 0.1) is 5.92 Å². The molecule has 1 aromatic rings. The molecule has 19 heavy (non-hydrogen) atoms. The minimum atomic E-state index is -4.71. The molecule has 0 radical (unpaired) electrons. The van der Waals surface area contributed by atoms with Crippen LogP contribution in [0.2, 0.25) is 0 Å². The lowest BCUT2D eigenvalue weighted by molar-refractivity contribution is -0.177. The number of hydrogen-bond donors (Lipinski definition) is 0. The van der Waals surface area contributed by atoms with Crippen LogP contribution >= 0.6 is 0 Å².